The van der Waals surface area contributed by atoms with E-state index >= 15 is 0 Å². The van der Waals surface area contributed by atoms with Crippen LogP contribution in [0.25, 0.3) is 0 Å². The van der Waals surface area contributed by atoms with E-state index in [9.17, 15) is 4.79 Å². The predicted octanol–water partition coefficient (Wildman–Crippen LogP) is 4.16. The van der Waals surface area contributed by atoms with Crippen molar-refractivity contribution in [2.24, 2.45) is 5.92 Å². The zero-order valence-corrected chi connectivity index (χ0v) is 19.1. The second-order valence-corrected chi connectivity index (χ2v) is 8.22. The van der Waals surface area contributed by atoms with Crippen LogP contribution in [-0.2, 0) is 16.0 Å². The Bertz CT molecular complexity index is 879. The van der Waals surface area contributed by atoms with Gasteiger partial charge in [-0.3, -0.25) is 4.79 Å². The van der Waals surface area contributed by atoms with E-state index in [1.165, 1.54) is 37.9 Å². The first-order chi connectivity index (χ1) is 15.8. The van der Waals surface area contributed by atoms with Gasteiger partial charge in [0, 0.05) is 5.56 Å². The van der Waals surface area contributed by atoms with Crippen LogP contribution in [0.5, 0.6) is 5.75 Å². The third-order valence-electron chi connectivity index (χ3n) is 5.64. The quantitative estimate of drug-likeness (QED) is 0.332. The van der Waals surface area contributed by atoms with Gasteiger partial charge in [-0.2, -0.15) is 0 Å². The van der Waals surface area contributed by atoms with E-state index in [-0.39, 0.29) is 5.78 Å². The fourth-order valence-electron chi connectivity index (χ4n) is 3.79. The van der Waals surface area contributed by atoms with Crippen molar-refractivity contribution in [2.45, 2.75) is 39.0 Å². The molecule has 0 amide bonds. The number of rotatable bonds is 9. The minimum atomic E-state index is -1.82. The fraction of sp³-hybridized carbons (Fsp3) is 0.423. The summed E-state index contributed by atoms with van der Waals surface area (Å²) in [5, 5.41) is 14.8. The zero-order valence-electron chi connectivity index (χ0n) is 19.1. The average molecular weight is 456 g/mol. The van der Waals surface area contributed by atoms with Crippen molar-refractivity contribution >= 4 is 17.7 Å². The van der Waals surface area contributed by atoms with Crippen molar-refractivity contribution < 1.29 is 29.3 Å². The van der Waals surface area contributed by atoms with Gasteiger partial charge < -0.3 is 19.8 Å². The third kappa shape index (κ3) is 10.3. The molecule has 0 bridgehead atoms. The first-order valence-corrected chi connectivity index (χ1v) is 11.3. The Hall–Kier alpha value is -3.19. The van der Waals surface area contributed by atoms with Crippen molar-refractivity contribution in [2.75, 3.05) is 26.2 Å². The number of likely N-dealkylation sites (tertiary alicyclic amines) is 1. The van der Waals surface area contributed by atoms with Gasteiger partial charge in [-0.1, -0.05) is 42.5 Å². The van der Waals surface area contributed by atoms with Gasteiger partial charge in [-0.05, 0) is 82.3 Å². The Morgan fingerprint density at radius 3 is 2.21 bits per heavy atom. The lowest BCUT2D eigenvalue weighted by atomic mass is 9.90. The molecule has 0 unspecified atom stereocenters. The van der Waals surface area contributed by atoms with Gasteiger partial charge in [-0.15, -0.1) is 0 Å². The van der Waals surface area contributed by atoms with Crippen molar-refractivity contribution in [3.8, 4) is 5.75 Å². The summed E-state index contributed by atoms with van der Waals surface area (Å²) in [6.45, 7) is 5.90. The molecule has 1 aliphatic rings. The normalized spacial score (nSPS) is 14.1. The lowest BCUT2D eigenvalue weighted by molar-refractivity contribution is -0.159. The van der Waals surface area contributed by atoms with E-state index in [4.69, 9.17) is 24.5 Å². The molecule has 2 aromatic carbocycles. The largest absolute Gasteiger partial charge is 0.494 e. The van der Waals surface area contributed by atoms with Gasteiger partial charge in [0.05, 0.1) is 6.61 Å². The number of carboxylic acid groups (broad SMARTS) is 2. The smallest absolute Gasteiger partial charge is 0.414 e. The van der Waals surface area contributed by atoms with Gasteiger partial charge in [-0.25, -0.2) is 9.59 Å². The topological polar surface area (TPSA) is 104 Å². The van der Waals surface area contributed by atoms with Crippen LogP contribution in [0.2, 0.25) is 0 Å². The van der Waals surface area contributed by atoms with Crippen molar-refractivity contribution in [3.63, 3.8) is 0 Å². The maximum Gasteiger partial charge on any atom is 0.414 e. The summed E-state index contributed by atoms with van der Waals surface area (Å²) >= 11 is 0. The number of aliphatic carboxylic acids is 2. The van der Waals surface area contributed by atoms with Gasteiger partial charge in [0.1, 0.15) is 5.75 Å². The Balaban J connectivity index is 0.000000569. The standard InChI is InChI=1S/C24H31NO2.C2H2O4/c1-20(26)23-10-7-11-24(19-23)27-17-6-5-14-25-15-12-22(13-16-25)18-21-8-3-2-4-9-21;3-1(4)2(5)6/h2-4,7-11,19,22H,5-6,12-18H2,1H3;(H,3,4)(H,5,6). The highest BCUT2D eigenvalue weighted by atomic mass is 16.5. The van der Waals surface area contributed by atoms with Crippen molar-refractivity contribution in [1.82, 2.24) is 4.90 Å². The van der Waals surface area contributed by atoms with Crippen LogP contribution in [-0.4, -0.2) is 59.1 Å². The number of hydrogen-bond acceptors (Lipinski definition) is 5. The summed E-state index contributed by atoms with van der Waals surface area (Å²) in [4.78, 5) is 32.2. The second-order valence-electron chi connectivity index (χ2n) is 8.22. The summed E-state index contributed by atoms with van der Waals surface area (Å²) in [5.41, 5.74) is 2.19. The lowest BCUT2D eigenvalue weighted by Crippen LogP contribution is -2.35. The van der Waals surface area contributed by atoms with Gasteiger partial charge in [0.25, 0.3) is 0 Å². The number of carboxylic acids is 2. The molecule has 0 radical (unpaired) electrons. The van der Waals surface area contributed by atoms with Gasteiger partial charge in [0.2, 0.25) is 0 Å². The van der Waals surface area contributed by atoms with Gasteiger partial charge in [0.15, 0.2) is 5.78 Å². The van der Waals surface area contributed by atoms with Crippen molar-refractivity contribution in [3.05, 3.63) is 65.7 Å². The molecule has 0 aromatic heterocycles. The maximum absolute atomic E-state index is 11.4. The number of ether oxygens (including phenoxy) is 1. The Labute approximate surface area is 195 Å². The summed E-state index contributed by atoms with van der Waals surface area (Å²) in [6.07, 6.45) is 6.05. The molecule has 1 fully saturated rings. The molecule has 7 nitrogen and oxygen atoms in total. The van der Waals surface area contributed by atoms with Crippen LogP contribution in [0.4, 0.5) is 0 Å². The summed E-state index contributed by atoms with van der Waals surface area (Å²) in [5.74, 6) is -1.94. The number of Topliss-reactive ketones (excluding diaryl/α,β-unsaturated/α-hetero) is 1. The zero-order chi connectivity index (χ0) is 24.1. The third-order valence-corrected chi connectivity index (χ3v) is 5.64. The minimum absolute atomic E-state index is 0.0797. The van der Waals surface area contributed by atoms with E-state index in [2.05, 4.69) is 35.2 Å². The summed E-state index contributed by atoms with van der Waals surface area (Å²) < 4.78 is 5.80. The van der Waals surface area contributed by atoms with Crippen LogP contribution in [0.1, 0.15) is 48.5 Å². The molecule has 3 rings (SSSR count). The van der Waals surface area contributed by atoms with Crippen molar-refractivity contribution in [1.29, 1.82) is 0 Å². The second kappa shape index (κ2) is 14.1. The molecular formula is C26H33NO6. The predicted molar refractivity (Wildman–Crippen MR) is 126 cm³/mol. The number of nitrogens with zero attached hydrogens (tertiary/aromatic N) is 1. The molecule has 0 atom stereocenters. The van der Waals surface area contributed by atoms with E-state index in [0.29, 0.717) is 12.2 Å². The van der Waals surface area contributed by atoms with Crippen LogP contribution in [0, 0.1) is 5.92 Å². The van der Waals surface area contributed by atoms with E-state index in [1.807, 2.05) is 24.3 Å². The average Bonchev–Trinajstić information content (AvgIpc) is 2.81. The monoisotopic (exact) mass is 455 g/mol. The summed E-state index contributed by atoms with van der Waals surface area (Å²) in [7, 11) is 0. The number of ketones is 1. The molecule has 0 spiro atoms. The van der Waals surface area contributed by atoms with Crippen LogP contribution in [0.3, 0.4) is 0 Å². The first-order valence-electron chi connectivity index (χ1n) is 11.3. The number of hydrogen-bond donors (Lipinski definition) is 2. The molecule has 0 saturated carbocycles. The highest BCUT2D eigenvalue weighted by molar-refractivity contribution is 6.27. The number of benzene rings is 2. The first kappa shape index (κ1) is 26.1. The maximum atomic E-state index is 11.4. The number of carbonyl (C=O) groups is 3. The van der Waals surface area contributed by atoms with E-state index < -0.39 is 11.9 Å². The van der Waals surface area contributed by atoms with E-state index in [0.717, 1.165) is 31.1 Å². The fourth-order valence-corrected chi connectivity index (χ4v) is 3.79. The number of piperidine rings is 1. The molecule has 7 heteroatoms. The highest BCUT2D eigenvalue weighted by Gasteiger charge is 2.18. The lowest BCUT2D eigenvalue weighted by Gasteiger charge is -2.32. The molecule has 1 aliphatic heterocycles. The molecule has 33 heavy (non-hydrogen) atoms. The van der Waals surface area contributed by atoms with E-state index in [1.54, 1.807) is 6.92 Å². The highest BCUT2D eigenvalue weighted by Crippen LogP contribution is 2.22. The molecule has 1 saturated heterocycles. The SMILES string of the molecule is CC(=O)c1cccc(OCCCCN2CCC(Cc3ccccc3)CC2)c1.O=C(O)C(=O)O. The molecule has 2 N–H and O–H groups in total. The molecule has 1 heterocycles. The Kier molecular flexibility index (Phi) is 11.1. The molecular weight excluding hydrogens is 422 g/mol. The minimum Gasteiger partial charge on any atom is -0.494 e. The van der Waals surface area contributed by atoms with Crippen LogP contribution in [0.15, 0.2) is 54.6 Å². The molecule has 2 aromatic rings. The Morgan fingerprint density at radius 1 is 0.939 bits per heavy atom. The number of carbonyl (C=O) groups excluding carboxylic acids is 1. The Morgan fingerprint density at radius 2 is 1.61 bits per heavy atom. The summed E-state index contributed by atoms with van der Waals surface area (Å²) in [6, 6.07) is 18.3. The molecule has 0 aliphatic carbocycles. The van der Waals surface area contributed by atoms with Crippen LogP contribution < -0.4 is 4.74 Å². The number of unbranched alkanes of at least 4 members (excludes halogenated alkanes) is 1. The molecule has 178 valence electrons. The van der Waals surface area contributed by atoms with Gasteiger partial charge >= 0.3 is 11.9 Å². The van der Waals surface area contributed by atoms with Crippen LogP contribution >= 0.6 is 0 Å².